The molecule has 1 saturated heterocycles. The van der Waals surface area contributed by atoms with Gasteiger partial charge in [0.2, 0.25) is 11.8 Å². The van der Waals surface area contributed by atoms with E-state index in [0.29, 0.717) is 22.9 Å². The summed E-state index contributed by atoms with van der Waals surface area (Å²) in [6.45, 7) is 1.98. The predicted molar refractivity (Wildman–Crippen MR) is 128 cm³/mol. The molecule has 1 aliphatic heterocycles. The Bertz CT molecular complexity index is 1040. The number of ether oxygens (including phenoxy) is 2. The highest BCUT2D eigenvalue weighted by atomic mass is 32.1. The van der Waals surface area contributed by atoms with E-state index in [0.717, 1.165) is 0 Å². The van der Waals surface area contributed by atoms with Gasteiger partial charge in [0.05, 0.1) is 26.3 Å². The fourth-order valence-corrected chi connectivity index (χ4v) is 3.90. The second-order valence-corrected chi connectivity index (χ2v) is 7.70. The fourth-order valence-electron chi connectivity index (χ4n) is 3.49. The molecule has 3 amide bonds. The van der Waals surface area contributed by atoms with E-state index in [1.54, 1.807) is 60.5 Å². The predicted octanol–water partition coefficient (Wildman–Crippen LogP) is 2.17. The van der Waals surface area contributed by atoms with Crippen molar-refractivity contribution >= 4 is 46.4 Å². The van der Waals surface area contributed by atoms with Gasteiger partial charge in [-0.1, -0.05) is 6.07 Å². The molecule has 0 bridgehead atoms. The average molecular weight is 471 g/mol. The highest BCUT2D eigenvalue weighted by Gasteiger charge is 2.44. The van der Waals surface area contributed by atoms with Crippen LogP contribution < -0.4 is 25.0 Å². The van der Waals surface area contributed by atoms with Gasteiger partial charge in [0.25, 0.3) is 5.91 Å². The Morgan fingerprint density at radius 3 is 2.39 bits per heavy atom. The van der Waals surface area contributed by atoms with Gasteiger partial charge in [-0.25, -0.2) is 0 Å². The zero-order chi connectivity index (χ0) is 24.0. The molecule has 2 aromatic carbocycles. The second kappa shape index (κ2) is 10.8. The van der Waals surface area contributed by atoms with Crippen LogP contribution >= 0.6 is 12.2 Å². The first-order valence-electron chi connectivity index (χ1n) is 10.3. The van der Waals surface area contributed by atoms with Crippen molar-refractivity contribution < 1.29 is 23.9 Å². The molecule has 33 heavy (non-hydrogen) atoms. The largest absolute Gasteiger partial charge is 0.497 e. The molecule has 3 rings (SSSR count). The first-order chi connectivity index (χ1) is 15.8. The lowest BCUT2D eigenvalue weighted by Crippen LogP contribution is -2.42. The Morgan fingerprint density at radius 2 is 1.76 bits per heavy atom. The maximum absolute atomic E-state index is 13.4. The van der Waals surface area contributed by atoms with Crippen LogP contribution in [0.5, 0.6) is 11.5 Å². The fraction of sp³-hybridized carbons (Fsp3) is 0.304. The molecule has 1 atom stereocenters. The lowest BCUT2D eigenvalue weighted by Gasteiger charge is -2.24. The van der Waals surface area contributed by atoms with E-state index in [-0.39, 0.29) is 42.3 Å². The molecule has 0 aliphatic carbocycles. The van der Waals surface area contributed by atoms with Crippen LogP contribution in [0, 0.1) is 0 Å². The maximum atomic E-state index is 13.4. The molecule has 2 aromatic rings. The summed E-state index contributed by atoms with van der Waals surface area (Å²) in [5.74, 6) is 0.403. The number of thiocarbonyl (C=S) groups is 1. The lowest BCUT2D eigenvalue weighted by atomic mass is 10.1. The van der Waals surface area contributed by atoms with Gasteiger partial charge >= 0.3 is 0 Å². The maximum Gasteiger partial charge on any atom is 0.256 e. The van der Waals surface area contributed by atoms with E-state index in [1.807, 2.05) is 0 Å². The molecular formula is C23H26N4O5S. The minimum absolute atomic E-state index is 0.106. The number of nitrogens with zero attached hydrogens (tertiary/aromatic N) is 2. The van der Waals surface area contributed by atoms with E-state index >= 15 is 0 Å². The Labute approximate surface area is 197 Å². The number of carbonyl (C=O) groups excluding carboxylic acids is 3. The molecule has 10 heteroatoms. The summed E-state index contributed by atoms with van der Waals surface area (Å²) < 4.78 is 10.4. The van der Waals surface area contributed by atoms with Gasteiger partial charge in [-0.15, -0.1) is 0 Å². The molecule has 2 N–H and O–H groups in total. The van der Waals surface area contributed by atoms with Gasteiger partial charge in [0.15, 0.2) is 5.11 Å². The van der Waals surface area contributed by atoms with Crippen molar-refractivity contribution in [3.05, 3.63) is 48.5 Å². The molecule has 0 saturated carbocycles. The lowest BCUT2D eigenvalue weighted by molar-refractivity contribution is -0.124. The van der Waals surface area contributed by atoms with Crippen molar-refractivity contribution in [2.45, 2.75) is 19.4 Å². The van der Waals surface area contributed by atoms with Crippen molar-refractivity contribution in [3.63, 3.8) is 0 Å². The first-order valence-corrected chi connectivity index (χ1v) is 10.7. The first kappa shape index (κ1) is 24.0. The third-order valence-corrected chi connectivity index (χ3v) is 5.53. The third-order valence-electron chi connectivity index (χ3n) is 5.11. The van der Waals surface area contributed by atoms with Crippen molar-refractivity contribution in [1.29, 1.82) is 0 Å². The Hall–Kier alpha value is -3.66. The Balaban J connectivity index is 1.80. The van der Waals surface area contributed by atoms with E-state index in [9.17, 15) is 14.4 Å². The number of hydrogen-bond acceptors (Lipinski definition) is 6. The highest BCUT2D eigenvalue weighted by molar-refractivity contribution is 7.80. The van der Waals surface area contributed by atoms with Crippen LogP contribution in [-0.2, 0) is 14.4 Å². The second-order valence-electron chi connectivity index (χ2n) is 7.33. The smallest absolute Gasteiger partial charge is 0.256 e. The number of nitrogens with one attached hydrogen (secondary N) is 2. The minimum atomic E-state index is -0.810. The number of hydrogen-bond donors (Lipinski definition) is 2. The topological polar surface area (TPSA) is 100 Å². The molecule has 1 aliphatic rings. The van der Waals surface area contributed by atoms with Gasteiger partial charge in [0, 0.05) is 31.8 Å². The molecular weight excluding hydrogens is 444 g/mol. The van der Waals surface area contributed by atoms with Crippen molar-refractivity contribution in [2.75, 3.05) is 37.5 Å². The van der Waals surface area contributed by atoms with Gasteiger partial charge in [-0.2, -0.15) is 0 Å². The third kappa shape index (κ3) is 5.78. The van der Waals surface area contributed by atoms with Crippen LogP contribution in [0.25, 0.3) is 0 Å². The van der Waals surface area contributed by atoms with E-state index in [2.05, 4.69) is 10.6 Å². The van der Waals surface area contributed by atoms with Crippen LogP contribution in [0.3, 0.4) is 0 Å². The normalized spacial score (nSPS) is 15.4. The van der Waals surface area contributed by atoms with Gasteiger partial charge in [-0.05, 0) is 48.6 Å². The molecule has 0 radical (unpaired) electrons. The van der Waals surface area contributed by atoms with Gasteiger partial charge in [0.1, 0.15) is 17.5 Å². The molecule has 0 aromatic heterocycles. The number of methoxy groups -OCH3 is 2. The Morgan fingerprint density at radius 1 is 1.06 bits per heavy atom. The number of carbonyl (C=O) groups is 3. The molecule has 1 unspecified atom stereocenters. The van der Waals surface area contributed by atoms with E-state index in [1.165, 1.54) is 18.9 Å². The standard InChI is InChI=1S/C23H26N4O5S/c1-15(28)24-11-12-26-20(14-21(29)25-16-7-9-18(31-2)10-8-16)22(30)27(23(26)33)17-5-4-6-19(13-17)32-3/h4-10,13,20H,11-12,14H2,1-3H3,(H,24,28)(H,25,29). The quantitative estimate of drug-likeness (QED) is 0.542. The summed E-state index contributed by atoms with van der Waals surface area (Å²) >= 11 is 5.60. The van der Waals surface area contributed by atoms with Crippen LogP contribution in [0.1, 0.15) is 13.3 Å². The van der Waals surface area contributed by atoms with Crippen LogP contribution in [-0.4, -0.2) is 61.1 Å². The van der Waals surface area contributed by atoms with E-state index in [4.69, 9.17) is 21.7 Å². The van der Waals surface area contributed by atoms with Crippen molar-refractivity contribution in [3.8, 4) is 11.5 Å². The molecule has 1 heterocycles. The summed E-state index contributed by atoms with van der Waals surface area (Å²) in [5, 5.41) is 5.77. The number of rotatable bonds is 9. The molecule has 9 nitrogen and oxygen atoms in total. The minimum Gasteiger partial charge on any atom is -0.497 e. The SMILES string of the molecule is COc1ccc(NC(=O)CC2C(=O)N(c3cccc(OC)c3)C(=S)N2CCNC(C)=O)cc1. The summed E-state index contributed by atoms with van der Waals surface area (Å²) in [6, 6.07) is 13.1. The zero-order valence-electron chi connectivity index (χ0n) is 18.7. The average Bonchev–Trinajstić information content (AvgIpc) is 3.03. The molecule has 1 fully saturated rings. The number of anilines is 2. The van der Waals surface area contributed by atoms with Gasteiger partial charge < -0.3 is 25.0 Å². The Kier molecular flexibility index (Phi) is 7.83. The monoisotopic (exact) mass is 470 g/mol. The summed E-state index contributed by atoms with van der Waals surface area (Å²) in [7, 11) is 3.10. The summed E-state index contributed by atoms with van der Waals surface area (Å²) in [5.41, 5.74) is 1.13. The van der Waals surface area contributed by atoms with Crippen LogP contribution in [0.15, 0.2) is 48.5 Å². The van der Waals surface area contributed by atoms with E-state index < -0.39 is 6.04 Å². The molecule has 0 spiro atoms. The van der Waals surface area contributed by atoms with Crippen molar-refractivity contribution in [2.24, 2.45) is 0 Å². The summed E-state index contributed by atoms with van der Waals surface area (Å²) in [4.78, 5) is 40.5. The van der Waals surface area contributed by atoms with Crippen molar-refractivity contribution in [1.82, 2.24) is 10.2 Å². The highest BCUT2D eigenvalue weighted by Crippen LogP contribution is 2.29. The number of benzene rings is 2. The van der Waals surface area contributed by atoms with Gasteiger partial charge in [-0.3, -0.25) is 19.3 Å². The van der Waals surface area contributed by atoms with Crippen LogP contribution in [0.4, 0.5) is 11.4 Å². The zero-order valence-corrected chi connectivity index (χ0v) is 19.5. The molecule has 174 valence electrons. The van der Waals surface area contributed by atoms with Crippen LogP contribution in [0.2, 0.25) is 0 Å². The summed E-state index contributed by atoms with van der Waals surface area (Å²) in [6.07, 6.45) is -0.106. The number of amides is 3.